The monoisotopic (exact) mass is 279 g/mol. The van der Waals surface area contributed by atoms with Gasteiger partial charge in [-0.05, 0) is 38.0 Å². The number of hydrogen-bond acceptors (Lipinski definition) is 2. The fraction of sp³-hybridized carbons (Fsp3) is 0.467. The van der Waals surface area contributed by atoms with Gasteiger partial charge in [-0.1, -0.05) is 12.1 Å². The first-order valence-corrected chi connectivity index (χ1v) is 6.61. The third-order valence-electron chi connectivity index (χ3n) is 4.02. The summed E-state index contributed by atoms with van der Waals surface area (Å²) in [5.74, 6) is -1.88. The summed E-state index contributed by atoms with van der Waals surface area (Å²) in [5, 5.41) is 9.18. The van der Waals surface area contributed by atoms with E-state index in [1.165, 1.54) is 12.1 Å². The largest absolute Gasteiger partial charge is 0.481 e. The SMILES string of the molecule is CC(C(=O)N1CCC(C)(C(=O)O)C1)c1cccc(F)c1. The number of aliphatic carboxylic acids is 1. The Morgan fingerprint density at radius 2 is 2.15 bits per heavy atom. The first-order chi connectivity index (χ1) is 9.33. The third kappa shape index (κ3) is 2.66. The summed E-state index contributed by atoms with van der Waals surface area (Å²) < 4.78 is 13.2. The van der Waals surface area contributed by atoms with Gasteiger partial charge in [-0.15, -0.1) is 0 Å². The lowest BCUT2D eigenvalue weighted by Gasteiger charge is -2.23. The lowest BCUT2D eigenvalue weighted by Crippen LogP contribution is -2.36. The van der Waals surface area contributed by atoms with Crippen molar-refractivity contribution in [3.8, 4) is 0 Å². The number of carbonyl (C=O) groups is 2. The second-order valence-electron chi connectivity index (χ2n) is 5.65. The number of nitrogens with zero attached hydrogens (tertiary/aromatic N) is 1. The summed E-state index contributed by atoms with van der Waals surface area (Å²) in [6.45, 7) is 4.01. The minimum Gasteiger partial charge on any atom is -0.481 e. The van der Waals surface area contributed by atoms with E-state index in [0.717, 1.165) is 0 Å². The van der Waals surface area contributed by atoms with Gasteiger partial charge in [-0.3, -0.25) is 9.59 Å². The van der Waals surface area contributed by atoms with Crippen LogP contribution in [0.3, 0.4) is 0 Å². The molecular formula is C15H18FNO3. The zero-order valence-corrected chi connectivity index (χ0v) is 11.6. The highest BCUT2D eigenvalue weighted by Gasteiger charge is 2.42. The maximum atomic E-state index is 13.2. The Morgan fingerprint density at radius 1 is 1.45 bits per heavy atom. The zero-order valence-electron chi connectivity index (χ0n) is 11.6. The minimum absolute atomic E-state index is 0.152. The van der Waals surface area contributed by atoms with Gasteiger partial charge in [0.25, 0.3) is 0 Å². The molecule has 2 unspecified atom stereocenters. The van der Waals surface area contributed by atoms with Crippen LogP contribution in [0.25, 0.3) is 0 Å². The predicted octanol–water partition coefficient (Wildman–Crippen LogP) is 2.25. The zero-order chi connectivity index (χ0) is 14.9. The molecule has 1 aromatic carbocycles. The molecule has 1 aliphatic heterocycles. The number of halogens is 1. The topological polar surface area (TPSA) is 57.6 Å². The fourth-order valence-corrected chi connectivity index (χ4v) is 2.52. The van der Waals surface area contributed by atoms with Crippen molar-refractivity contribution in [2.75, 3.05) is 13.1 Å². The molecule has 1 saturated heterocycles. The van der Waals surface area contributed by atoms with E-state index in [4.69, 9.17) is 0 Å². The Kier molecular flexibility index (Phi) is 3.79. The molecule has 0 radical (unpaired) electrons. The summed E-state index contributed by atoms with van der Waals surface area (Å²) in [4.78, 5) is 25.1. The third-order valence-corrected chi connectivity index (χ3v) is 4.02. The van der Waals surface area contributed by atoms with E-state index >= 15 is 0 Å². The van der Waals surface area contributed by atoms with Crippen LogP contribution in [0.4, 0.5) is 4.39 Å². The van der Waals surface area contributed by atoms with Crippen molar-refractivity contribution >= 4 is 11.9 Å². The molecule has 0 aromatic heterocycles. The number of carbonyl (C=O) groups excluding carboxylic acids is 1. The van der Waals surface area contributed by atoms with Crippen LogP contribution >= 0.6 is 0 Å². The molecule has 1 amide bonds. The number of likely N-dealkylation sites (tertiary alicyclic amines) is 1. The van der Waals surface area contributed by atoms with Crippen molar-refractivity contribution in [1.29, 1.82) is 0 Å². The van der Waals surface area contributed by atoms with E-state index in [1.54, 1.807) is 30.9 Å². The molecule has 4 nitrogen and oxygen atoms in total. The maximum absolute atomic E-state index is 13.2. The van der Waals surface area contributed by atoms with Gasteiger partial charge in [0.05, 0.1) is 11.3 Å². The van der Waals surface area contributed by atoms with Gasteiger partial charge < -0.3 is 10.0 Å². The summed E-state index contributed by atoms with van der Waals surface area (Å²) in [6.07, 6.45) is 0.448. The van der Waals surface area contributed by atoms with E-state index in [9.17, 15) is 19.1 Å². The molecule has 1 fully saturated rings. The number of hydrogen-bond donors (Lipinski definition) is 1. The van der Waals surface area contributed by atoms with Crippen molar-refractivity contribution in [3.63, 3.8) is 0 Å². The summed E-state index contributed by atoms with van der Waals surface area (Å²) in [7, 11) is 0. The van der Waals surface area contributed by atoms with E-state index in [1.807, 2.05) is 0 Å². The Hall–Kier alpha value is -1.91. The van der Waals surface area contributed by atoms with Crippen LogP contribution in [0.2, 0.25) is 0 Å². The molecule has 20 heavy (non-hydrogen) atoms. The Bertz CT molecular complexity index is 546. The lowest BCUT2D eigenvalue weighted by molar-refractivity contribution is -0.147. The van der Waals surface area contributed by atoms with Crippen molar-refractivity contribution in [1.82, 2.24) is 4.90 Å². The van der Waals surface area contributed by atoms with Crippen LogP contribution < -0.4 is 0 Å². The quantitative estimate of drug-likeness (QED) is 0.923. The van der Waals surface area contributed by atoms with E-state index in [2.05, 4.69) is 0 Å². The van der Waals surface area contributed by atoms with Gasteiger partial charge in [-0.25, -0.2) is 4.39 Å². The molecule has 2 atom stereocenters. The summed E-state index contributed by atoms with van der Waals surface area (Å²) >= 11 is 0. The van der Waals surface area contributed by atoms with Crippen molar-refractivity contribution in [2.24, 2.45) is 5.41 Å². The second kappa shape index (κ2) is 5.23. The maximum Gasteiger partial charge on any atom is 0.311 e. The van der Waals surface area contributed by atoms with E-state index < -0.39 is 17.3 Å². The number of benzene rings is 1. The number of carboxylic acid groups (broad SMARTS) is 1. The molecule has 1 aliphatic rings. The van der Waals surface area contributed by atoms with Crippen LogP contribution in [-0.4, -0.2) is 35.0 Å². The first kappa shape index (κ1) is 14.5. The second-order valence-corrected chi connectivity index (χ2v) is 5.65. The van der Waals surface area contributed by atoms with Gasteiger partial charge in [-0.2, -0.15) is 0 Å². The predicted molar refractivity (Wildman–Crippen MR) is 71.8 cm³/mol. The Labute approximate surface area is 117 Å². The molecule has 0 saturated carbocycles. The van der Waals surface area contributed by atoms with Gasteiger partial charge in [0.2, 0.25) is 5.91 Å². The van der Waals surface area contributed by atoms with Gasteiger partial charge in [0.15, 0.2) is 0 Å². The molecule has 1 N–H and O–H groups in total. The van der Waals surface area contributed by atoms with E-state index in [0.29, 0.717) is 18.5 Å². The van der Waals surface area contributed by atoms with Gasteiger partial charge in [0.1, 0.15) is 5.82 Å². The molecule has 0 bridgehead atoms. The molecule has 108 valence electrons. The van der Waals surface area contributed by atoms with Gasteiger partial charge >= 0.3 is 5.97 Å². The molecule has 0 aliphatic carbocycles. The van der Waals surface area contributed by atoms with E-state index in [-0.39, 0.29) is 18.3 Å². The number of rotatable bonds is 3. The van der Waals surface area contributed by atoms with Crippen LogP contribution in [0, 0.1) is 11.2 Å². The standard InChI is InChI=1S/C15H18FNO3/c1-10(11-4-3-5-12(16)8-11)13(18)17-7-6-15(2,9-17)14(19)20/h3-5,8,10H,6-7,9H2,1-2H3,(H,19,20). The average molecular weight is 279 g/mol. The normalized spacial score (nSPS) is 23.6. The van der Waals surface area contributed by atoms with Crippen LogP contribution in [0.1, 0.15) is 31.7 Å². The fourth-order valence-electron chi connectivity index (χ4n) is 2.52. The molecule has 5 heteroatoms. The highest BCUT2D eigenvalue weighted by Crippen LogP contribution is 2.32. The first-order valence-electron chi connectivity index (χ1n) is 6.61. The molecule has 0 spiro atoms. The van der Waals surface area contributed by atoms with Crippen LogP contribution in [0.5, 0.6) is 0 Å². The van der Waals surface area contributed by atoms with Crippen LogP contribution in [-0.2, 0) is 9.59 Å². The summed E-state index contributed by atoms with van der Waals surface area (Å²) in [6, 6.07) is 5.95. The molecular weight excluding hydrogens is 261 g/mol. The highest BCUT2D eigenvalue weighted by atomic mass is 19.1. The number of amides is 1. The average Bonchev–Trinajstić information content (AvgIpc) is 2.81. The van der Waals surface area contributed by atoms with Gasteiger partial charge in [0, 0.05) is 13.1 Å². The van der Waals surface area contributed by atoms with Crippen molar-refractivity contribution < 1.29 is 19.1 Å². The molecule has 2 rings (SSSR count). The summed E-state index contributed by atoms with van der Waals surface area (Å²) in [5.41, 5.74) is -0.268. The smallest absolute Gasteiger partial charge is 0.311 e. The van der Waals surface area contributed by atoms with Crippen molar-refractivity contribution in [3.05, 3.63) is 35.6 Å². The minimum atomic E-state index is -0.883. The Balaban J connectivity index is 2.11. The molecule has 1 heterocycles. The molecule has 1 aromatic rings. The lowest BCUT2D eigenvalue weighted by atomic mass is 9.90. The van der Waals surface area contributed by atoms with Crippen molar-refractivity contribution in [2.45, 2.75) is 26.2 Å². The Morgan fingerprint density at radius 3 is 2.70 bits per heavy atom. The number of carboxylic acids is 1. The highest BCUT2D eigenvalue weighted by molar-refractivity contribution is 5.85. The van der Waals surface area contributed by atoms with Crippen LogP contribution in [0.15, 0.2) is 24.3 Å².